The lowest BCUT2D eigenvalue weighted by Gasteiger charge is -2.25. The van der Waals surface area contributed by atoms with Gasteiger partial charge in [-0.25, -0.2) is 19.1 Å². The number of nitrogens with one attached hydrogen (secondary N) is 3. The third-order valence-corrected chi connectivity index (χ3v) is 6.60. The lowest BCUT2D eigenvalue weighted by atomic mass is 10.1. The van der Waals surface area contributed by atoms with E-state index >= 15 is 0 Å². The highest BCUT2D eigenvalue weighted by Gasteiger charge is 2.19. The molecule has 4 aromatic rings. The van der Waals surface area contributed by atoms with E-state index in [1.807, 2.05) is 57.0 Å². The van der Waals surface area contributed by atoms with Gasteiger partial charge in [0.1, 0.15) is 11.6 Å². The van der Waals surface area contributed by atoms with Crippen LogP contribution >= 0.6 is 0 Å². The van der Waals surface area contributed by atoms with Crippen LogP contribution in [0, 0.1) is 0 Å². The number of amides is 2. The average molecular weight is 603 g/mol. The van der Waals surface area contributed by atoms with Crippen LogP contribution in [-0.4, -0.2) is 64.0 Å². The minimum absolute atomic E-state index is 0.213. The van der Waals surface area contributed by atoms with Crippen LogP contribution in [-0.2, 0) is 16.6 Å². The molecule has 2 aromatic carbocycles. The molecule has 0 saturated carbocycles. The number of para-hydroxylation sites is 2. The van der Waals surface area contributed by atoms with E-state index in [0.29, 0.717) is 47.1 Å². The van der Waals surface area contributed by atoms with Crippen molar-refractivity contribution in [2.75, 3.05) is 42.8 Å². The number of hydrogen-bond acceptors (Lipinski definition) is 9. The number of hydrogen-bond donors (Lipinski definition) is 3. The van der Waals surface area contributed by atoms with Crippen molar-refractivity contribution in [1.29, 1.82) is 0 Å². The molecule has 0 aliphatic carbocycles. The first-order valence-electron chi connectivity index (χ1n) is 14.0. The SMILES string of the molecule is C=CC(=O)Nc1cc(Nc2nccc(-n3c(=O)n(C)c4ccccc43)n2)c(OC)cc1N(C)CCCOC(=O)NC(C)(C)C. The van der Waals surface area contributed by atoms with Gasteiger partial charge in [0.05, 0.1) is 41.8 Å². The van der Waals surface area contributed by atoms with E-state index in [4.69, 9.17) is 9.47 Å². The van der Waals surface area contributed by atoms with Crippen LogP contribution < -0.4 is 31.3 Å². The maximum atomic E-state index is 13.1. The van der Waals surface area contributed by atoms with E-state index in [9.17, 15) is 14.4 Å². The van der Waals surface area contributed by atoms with Crippen LogP contribution in [0.15, 0.2) is 66.1 Å². The summed E-state index contributed by atoms with van der Waals surface area (Å²) in [5.74, 6) is 0.666. The highest BCUT2D eigenvalue weighted by molar-refractivity contribution is 6.02. The minimum Gasteiger partial charge on any atom is -0.494 e. The minimum atomic E-state index is -0.479. The van der Waals surface area contributed by atoms with Crippen LogP contribution in [0.4, 0.5) is 27.8 Å². The van der Waals surface area contributed by atoms with Crippen molar-refractivity contribution < 1.29 is 19.1 Å². The summed E-state index contributed by atoms with van der Waals surface area (Å²) in [5, 5.41) is 8.76. The first-order chi connectivity index (χ1) is 20.9. The van der Waals surface area contributed by atoms with E-state index in [1.54, 1.807) is 36.0 Å². The number of carbonyl (C=O) groups is 2. The quantitative estimate of drug-likeness (QED) is 0.169. The fourth-order valence-electron chi connectivity index (χ4n) is 4.53. The zero-order chi connectivity index (χ0) is 32.0. The molecule has 0 bridgehead atoms. The second kappa shape index (κ2) is 13.3. The van der Waals surface area contributed by atoms with E-state index in [2.05, 4.69) is 32.5 Å². The van der Waals surface area contributed by atoms with Crippen molar-refractivity contribution in [1.82, 2.24) is 24.4 Å². The number of nitrogens with zero attached hydrogens (tertiary/aromatic N) is 5. The Hall–Kier alpha value is -5.33. The number of methoxy groups -OCH3 is 1. The molecule has 3 N–H and O–H groups in total. The summed E-state index contributed by atoms with van der Waals surface area (Å²) < 4.78 is 14.0. The number of aryl methyl sites for hydroxylation is 1. The van der Waals surface area contributed by atoms with Gasteiger partial charge < -0.3 is 30.3 Å². The highest BCUT2D eigenvalue weighted by atomic mass is 16.5. The molecule has 232 valence electrons. The fraction of sp³-hybridized carbons (Fsp3) is 0.323. The van der Waals surface area contributed by atoms with E-state index < -0.39 is 17.5 Å². The summed E-state index contributed by atoms with van der Waals surface area (Å²) in [4.78, 5) is 48.2. The third kappa shape index (κ3) is 7.35. The van der Waals surface area contributed by atoms with Gasteiger partial charge in [0.25, 0.3) is 0 Å². The predicted octanol–water partition coefficient (Wildman–Crippen LogP) is 4.35. The van der Waals surface area contributed by atoms with Crippen molar-refractivity contribution in [3.8, 4) is 11.6 Å². The number of ether oxygens (including phenoxy) is 2. The second-order valence-corrected chi connectivity index (χ2v) is 11.1. The molecule has 0 aliphatic rings. The molecule has 0 aliphatic heterocycles. The second-order valence-electron chi connectivity index (χ2n) is 11.1. The lowest BCUT2D eigenvalue weighted by Crippen LogP contribution is -2.41. The lowest BCUT2D eigenvalue weighted by molar-refractivity contribution is -0.111. The van der Waals surface area contributed by atoms with Crippen LogP contribution in [0.25, 0.3) is 16.9 Å². The van der Waals surface area contributed by atoms with Crippen molar-refractivity contribution in [2.24, 2.45) is 7.05 Å². The summed E-state index contributed by atoms with van der Waals surface area (Å²) in [7, 11) is 5.09. The zero-order valence-electron chi connectivity index (χ0n) is 25.8. The maximum Gasteiger partial charge on any atom is 0.407 e. The molecule has 0 unspecified atom stereocenters. The molecule has 13 nitrogen and oxygen atoms in total. The van der Waals surface area contributed by atoms with Crippen molar-refractivity contribution in [2.45, 2.75) is 32.7 Å². The van der Waals surface area contributed by atoms with Crippen LogP contribution in [0.2, 0.25) is 0 Å². The summed E-state index contributed by atoms with van der Waals surface area (Å²) >= 11 is 0. The van der Waals surface area contributed by atoms with Gasteiger partial charge >= 0.3 is 11.8 Å². The maximum absolute atomic E-state index is 13.1. The van der Waals surface area contributed by atoms with Gasteiger partial charge in [-0.1, -0.05) is 18.7 Å². The van der Waals surface area contributed by atoms with Gasteiger partial charge in [-0.15, -0.1) is 0 Å². The van der Waals surface area contributed by atoms with Gasteiger partial charge in [-0.05, 0) is 51.5 Å². The Bertz CT molecular complexity index is 1740. The highest BCUT2D eigenvalue weighted by Crippen LogP contribution is 2.38. The van der Waals surface area contributed by atoms with Crippen LogP contribution in [0.1, 0.15) is 27.2 Å². The molecule has 0 saturated heterocycles. The number of aromatic nitrogens is 4. The number of carbonyl (C=O) groups excluding carboxylic acids is 2. The Balaban J connectivity index is 1.59. The smallest absolute Gasteiger partial charge is 0.407 e. The molecule has 0 spiro atoms. The predicted molar refractivity (Wildman–Crippen MR) is 171 cm³/mol. The molecule has 4 rings (SSSR count). The Labute approximate surface area is 255 Å². The fourth-order valence-corrected chi connectivity index (χ4v) is 4.53. The molecule has 0 atom stereocenters. The first kappa shape index (κ1) is 31.6. The Morgan fingerprint density at radius 3 is 2.52 bits per heavy atom. The van der Waals surface area contributed by atoms with Crippen LogP contribution in [0.5, 0.6) is 5.75 Å². The van der Waals surface area contributed by atoms with Gasteiger partial charge in [-0.3, -0.25) is 9.36 Å². The van der Waals surface area contributed by atoms with Crippen molar-refractivity contribution >= 4 is 46.0 Å². The zero-order valence-corrected chi connectivity index (χ0v) is 25.8. The summed E-state index contributed by atoms with van der Waals surface area (Å²) in [6.07, 6.45) is 2.79. The molecular formula is C31H38N8O5. The first-order valence-corrected chi connectivity index (χ1v) is 14.0. The Kier molecular flexibility index (Phi) is 9.57. The molecule has 0 fully saturated rings. The number of benzene rings is 2. The van der Waals surface area contributed by atoms with E-state index in [-0.39, 0.29) is 18.2 Å². The standard InChI is InChI=1S/C31H38N8O5/c1-8-27(40)33-20-18-21(25(43-7)19-24(20)37(5)16-11-17-44-29(41)36-31(2,3)4)34-28-32-15-14-26(35-28)39-23-13-10-9-12-22(23)38(6)30(39)42/h8-10,12-15,18-19H,1,11,16-17H2,2-7H3,(H,33,40)(H,36,41)(H,32,34,35). The van der Waals surface area contributed by atoms with Gasteiger partial charge in [0.15, 0.2) is 0 Å². The molecular weight excluding hydrogens is 564 g/mol. The molecule has 2 aromatic heterocycles. The number of rotatable bonds is 11. The molecule has 2 amide bonds. The largest absolute Gasteiger partial charge is 0.494 e. The van der Waals surface area contributed by atoms with Crippen LogP contribution in [0.3, 0.4) is 0 Å². The van der Waals surface area contributed by atoms with Gasteiger partial charge in [0.2, 0.25) is 11.9 Å². The summed E-state index contributed by atoms with van der Waals surface area (Å²) in [6.45, 7) is 9.92. The average Bonchev–Trinajstić information content (AvgIpc) is 3.24. The van der Waals surface area contributed by atoms with Crippen molar-refractivity contribution in [3.63, 3.8) is 0 Å². The molecule has 0 radical (unpaired) electrons. The summed E-state index contributed by atoms with van der Waals surface area (Å²) in [5.41, 5.74) is 2.48. The molecule has 44 heavy (non-hydrogen) atoms. The topological polar surface area (TPSA) is 145 Å². The third-order valence-electron chi connectivity index (χ3n) is 6.60. The normalized spacial score (nSPS) is 11.1. The number of fused-ring (bicyclic) bond motifs is 1. The Morgan fingerprint density at radius 2 is 1.84 bits per heavy atom. The van der Waals surface area contributed by atoms with Gasteiger partial charge in [-0.2, -0.15) is 4.98 Å². The number of alkyl carbamates (subject to hydrolysis) is 1. The monoisotopic (exact) mass is 602 g/mol. The number of imidazole rings is 1. The van der Waals surface area contributed by atoms with E-state index in [1.165, 1.54) is 17.8 Å². The molecule has 13 heteroatoms. The molecule has 2 heterocycles. The summed E-state index contributed by atoms with van der Waals surface area (Å²) in [6, 6.07) is 12.6. The Morgan fingerprint density at radius 1 is 1.11 bits per heavy atom. The number of anilines is 4. The van der Waals surface area contributed by atoms with Crippen molar-refractivity contribution in [3.05, 3.63) is 71.8 Å². The van der Waals surface area contributed by atoms with Gasteiger partial charge in [0, 0.05) is 44.5 Å². The van der Waals surface area contributed by atoms with E-state index in [0.717, 1.165) is 5.52 Å².